The van der Waals surface area contributed by atoms with Crippen LogP contribution in [0.3, 0.4) is 0 Å². The molecular formula is C22H25N3O2. The number of rotatable bonds is 8. The second-order valence-corrected chi connectivity index (χ2v) is 6.52. The van der Waals surface area contributed by atoms with E-state index in [1.165, 1.54) is 0 Å². The molecule has 2 aromatic carbocycles. The van der Waals surface area contributed by atoms with Crippen LogP contribution in [0.4, 0.5) is 0 Å². The van der Waals surface area contributed by atoms with Gasteiger partial charge in [0, 0.05) is 30.9 Å². The molecule has 0 saturated carbocycles. The maximum atomic E-state index is 12.7. The van der Waals surface area contributed by atoms with E-state index in [2.05, 4.69) is 12.0 Å². The topological polar surface area (TPSA) is 47.4 Å². The Kier molecular flexibility index (Phi) is 6.26. The zero-order valence-corrected chi connectivity index (χ0v) is 15.8. The van der Waals surface area contributed by atoms with Crippen molar-refractivity contribution in [1.82, 2.24) is 14.7 Å². The molecule has 1 amide bonds. The summed E-state index contributed by atoms with van der Waals surface area (Å²) in [6.45, 7) is 3.33. The van der Waals surface area contributed by atoms with E-state index in [9.17, 15) is 4.79 Å². The van der Waals surface area contributed by atoms with Crippen molar-refractivity contribution >= 4 is 5.91 Å². The van der Waals surface area contributed by atoms with Crippen molar-refractivity contribution in [2.75, 3.05) is 13.7 Å². The minimum Gasteiger partial charge on any atom is -0.494 e. The molecule has 3 rings (SSSR count). The second-order valence-electron chi connectivity index (χ2n) is 6.52. The van der Waals surface area contributed by atoms with Gasteiger partial charge in [-0.05, 0) is 42.8 Å². The van der Waals surface area contributed by atoms with Crippen molar-refractivity contribution in [3.8, 4) is 11.4 Å². The van der Waals surface area contributed by atoms with E-state index >= 15 is 0 Å². The third-order valence-corrected chi connectivity index (χ3v) is 4.29. The summed E-state index contributed by atoms with van der Waals surface area (Å²) in [7, 11) is 1.80. The fraction of sp³-hybridized carbons (Fsp3) is 0.273. The molecule has 5 heteroatoms. The van der Waals surface area contributed by atoms with Crippen LogP contribution in [0.1, 0.15) is 35.7 Å². The number of amides is 1. The average molecular weight is 363 g/mol. The smallest absolute Gasteiger partial charge is 0.253 e. The van der Waals surface area contributed by atoms with Gasteiger partial charge in [0.2, 0.25) is 0 Å². The van der Waals surface area contributed by atoms with Crippen molar-refractivity contribution < 1.29 is 9.53 Å². The lowest BCUT2D eigenvalue weighted by atomic mass is 10.2. The number of nitrogens with zero attached hydrogens (tertiary/aromatic N) is 3. The van der Waals surface area contributed by atoms with Crippen LogP contribution < -0.4 is 4.74 Å². The summed E-state index contributed by atoms with van der Waals surface area (Å²) in [5, 5.41) is 4.38. The number of carbonyl (C=O) groups is 1. The normalized spacial score (nSPS) is 10.6. The van der Waals surface area contributed by atoms with Gasteiger partial charge < -0.3 is 9.64 Å². The third kappa shape index (κ3) is 4.97. The second kappa shape index (κ2) is 9.03. The number of carbonyl (C=O) groups excluding carboxylic acids is 1. The molecule has 0 aliphatic rings. The molecule has 140 valence electrons. The molecule has 0 aliphatic carbocycles. The highest BCUT2D eigenvalue weighted by Crippen LogP contribution is 2.15. The molecular weight excluding hydrogens is 338 g/mol. The lowest BCUT2D eigenvalue weighted by Crippen LogP contribution is -2.25. The standard InChI is InChI=1S/C22H25N3O2/c1-3-4-14-27-21-12-10-19(11-13-21)22(26)24(2)16-18-15-23-25(17-18)20-8-6-5-7-9-20/h5-13,15,17H,3-4,14,16H2,1-2H3. The Morgan fingerprint density at radius 3 is 2.56 bits per heavy atom. The van der Waals surface area contributed by atoms with E-state index < -0.39 is 0 Å². The minimum absolute atomic E-state index is 0.0254. The summed E-state index contributed by atoms with van der Waals surface area (Å²) in [5.41, 5.74) is 2.63. The largest absolute Gasteiger partial charge is 0.494 e. The Morgan fingerprint density at radius 2 is 1.85 bits per heavy atom. The van der Waals surface area contributed by atoms with Crippen LogP contribution in [-0.4, -0.2) is 34.2 Å². The van der Waals surface area contributed by atoms with E-state index in [-0.39, 0.29) is 5.91 Å². The van der Waals surface area contributed by atoms with Gasteiger partial charge >= 0.3 is 0 Å². The first-order chi connectivity index (χ1) is 13.2. The van der Waals surface area contributed by atoms with Crippen molar-refractivity contribution in [1.29, 1.82) is 0 Å². The maximum absolute atomic E-state index is 12.7. The van der Waals surface area contributed by atoms with Crippen LogP contribution in [0, 0.1) is 0 Å². The fourth-order valence-electron chi connectivity index (χ4n) is 2.76. The van der Waals surface area contributed by atoms with E-state index in [1.807, 2.05) is 65.5 Å². The molecule has 0 bridgehead atoms. The van der Waals surface area contributed by atoms with Crippen LogP contribution in [0.25, 0.3) is 5.69 Å². The van der Waals surface area contributed by atoms with Gasteiger partial charge in [-0.1, -0.05) is 31.5 Å². The minimum atomic E-state index is -0.0254. The third-order valence-electron chi connectivity index (χ3n) is 4.29. The Balaban J connectivity index is 1.60. The van der Waals surface area contributed by atoms with Gasteiger partial charge in [-0.15, -0.1) is 0 Å². The first-order valence-electron chi connectivity index (χ1n) is 9.24. The number of para-hydroxylation sites is 1. The highest BCUT2D eigenvalue weighted by atomic mass is 16.5. The van der Waals surface area contributed by atoms with Crippen LogP contribution in [0.5, 0.6) is 5.75 Å². The summed E-state index contributed by atoms with van der Waals surface area (Å²) in [6.07, 6.45) is 5.87. The number of unbranched alkanes of at least 4 members (excludes halogenated alkanes) is 1. The first-order valence-corrected chi connectivity index (χ1v) is 9.24. The number of hydrogen-bond acceptors (Lipinski definition) is 3. The van der Waals surface area contributed by atoms with Crippen molar-refractivity contribution in [2.45, 2.75) is 26.3 Å². The Morgan fingerprint density at radius 1 is 1.11 bits per heavy atom. The predicted octanol–water partition coefficient (Wildman–Crippen LogP) is 4.32. The van der Waals surface area contributed by atoms with Gasteiger partial charge in [0.1, 0.15) is 5.75 Å². The highest BCUT2D eigenvalue weighted by Gasteiger charge is 2.13. The maximum Gasteiger partial charge on any atom is 0.253 e. The van der Waals surface area contributed by atoms with Gasteiger partial charge in [0.25, 0.3) is 5.91 Å². The van der Waals surface area contributed by atoms with Gasteiger partial charge in [-0.25, -0.2) is 4.68 Å². The molecule has 5 nitrogen and oxygen atoms in total. The molecule has 0 spiro atoms. The summed E-state index contributed by atoms with van der Waals surface area (Å²) in [4.78, 5) is 14.3. The fourth-order valence-corrected chi connectivity index (χ4v) is 2.76. The van der Waals surface area contributed by atoms with Gasteiger partial charge in [0.05, 0.1) is 18.5 Å². The van der Waals surface area contributed by atoms with E-state index in [0.29, 0.717) is 18.7 Å². The zero-order valence-electron chi connectivity index (χ0n) is 15.8. The van der Waals surface area contributed by atoms with Crippen LogP contribution in [0.15, 0.2) is 67.0 Å². The molecule has 0 unspecified atom stereocenters. The summed E-state index contributed by atoms with van der Waals surface area (Å²) in [6, 6.07) is 17.2. The molecule has 0 atom stereocenters. The number of aromatic nitrogens is 2. The van der Waals surface area contributed by atoms with Gasteiger partial charge in [-0.2, -0.15) is 5.10 Å². The number of hydrogen-bond donors (Lipinski definition) is 0. The highest BCUT2D eigenvalue weighted by molar-refractivity contribution is 5.94. The monoisotopic (exact) mass is 363 g/mol. The molecule has 0 N–H and O–H groups in total. The van der Waals surface area contributed by atoms with Crippen LogP contribution in [-0.2, 0) is 6.54 Å². The average Bonchev–Trinajstić information content (AvgIpc) is 3.17. The van der Waals surface area contributed by atoms with E-state index in [0.717, 1.165) is 29.8 Å². The zero-order chi connectivity index (χ0) is 19.1. The summed E-state index contributed by atoms with van der Waals surface area (Å²) in [5.74, 6) is 0.773. The summed E-state index contributed by atoms with van der Waals surface area (Å²) < 4.78 is 7.46. The van der Waals surface area contributed by atoms with Crippen LogP contribution in [0.2, 0.25) is 0 Å². The molecule has 0 radical (unpaired) electrons. The molecule has 0 aliphatic heterocycles. The Bertz CT molecular complexity index is 857. The molecule has 3 aromatic rings. The van der Waals surface area contributed by atoms with Crippen molar-refractivity contribution in [2.24, 2.45) is 0 Å². The molecule has 1 heterocycles. The molecule has 1 aromatic heterocycles. The Labute approximate surface area is 160 Å². The number of benzene rings is 2. The van der Waals surface area contributed by atoms with Crippen molar-refractivity contribution in [3.05, 3.63) is 78.1 Å². The SMILES string of the molecule is CCCCOc1ccc(C(=O)N(C)Cc2cnn(-c3ccccc3)c2)cc1. The molecule has 0 fully saturated rings. The Hall–Kier alpha value is -3.08. The van der Waals surface area contributed by atoms with Crippen molar-refractivity contribution in [3.63, 3.8) is 0 Å². The molecule has 27 heavy (non-hydrogen) atoms. The first kappa shape index (κ1) is 18.7. The predicted molar refractivity (Wildman–Crippen MR) is 106 cm³/mol. The van der Waals surface area contributed by atoms with Gasteiger partial charge in [0.15, 0.2) is 0 Å². The van der Waals surface area contributed by atoms with E-state index in [4.69, 9.17) is 4.74 Å². The quantitative estimate of drug-likeness (QED) is 0.560. The van der Waals surface area contributed by atoms with Crippen LogP contribution >= 0.6 is 0 Å². The number of ether oxygens (including phenoxy) is 1. The summed E-state index contributed by atoms with van der Waals surface area (Å²) >= 11 is 0. The lowest BCUT2D eigenvalue weighted by Gasteiger charge is -2.16. The lowest BCUT2D eigenvalue weighted by molar-refractivity contribution is 0.0785. The van der Waals surface area contributed by atoms with E-state index in [1.54, 1.807) is 18.1 Å². The molecule has 0 saturated heterocycles. The van der Waals surface area contributed by atoms with Gasteiger partial charge in [-0.3, -0.25) is 4.79 Å².